The highest BCUT2D eigenvalue weighted by molar-refractivity contribution is 7.92. The summed E-state index contributed by atoms with van der Waals surface area (Å²) < 4.78 is 26.1. The highest BCUT2D eigenvalue weighted by Gasteiger charge is 2.17. The molecular formula is C10H10N4O3S. The number of H-pyrrole nitrogens is 1. The monoisotopic (exact) mass is 266 g/mol. The fourth-order valence-corrected chi connectivity index (χ4v) is 2.43. The first-order chi connectivity index (χ1) is 8.49. The average molecular weight is 266 g/mol. The van der Waals surface area contributed by atoms with Crippen molar-refractivity contribution in [2.45, 2.75) is 4.90 Å². The van der Waals surface area contributed by atoms with E-state index in [4.69, 9.17) is 5.73 Å². The van der Waals surface area contributed by atoms with Crippen LogP contribution in [-0.4, -0.2) is 18.4 Å². The van der Waals surface area contributed by atoms with Crippen LogP contribution in [0.5, 0.6) is 0 Å². The summed E-state index contributed by atoms with van der Waals surface area (Å²) in [5, 5.41) is 0. The number of anilines is 2. The average Bonchev–Trinajstić information content (AvgIpc) is 2.28. The SMILES string of the molecule is Nc1ccccc1S(=O)(=O)Nc1nccc(=O)[nH]1. The van der Waals surface area contributed by atoms with Gasteiger partial charge in [-0.25, -0.2) is 18.1 Å². The van der Waals surface area contributed by atoms with E-state index in [0.717, 1.165) is 0 Å². The molecule has 0 saturated carbocycles. The van der Waals surface area contributed by atoms with Gasteiger partial charge in [-0.1, -0.05) is 12.1 Å². The Kier molecular flexibility index (Phi) is 3.02. The molecule has 0 aliphatic heterocycles. The fraction of sp³-hybridized carbons (Fsp3) is 0. The topological polar surface area (TPSA) is 118 Å². The van der Waals surface area contributed by atoms with Gasteiger partial charge in [0, 0.05) is 12.3 Å². The third kappa shape index (κ3) is 2.48. The van der Waals surface area contributed by atoms with Gasteiger partial charge in [0.05, 0.1) is 5.69 Å². The van der Waals surface area contributed by atoms with E-state index in [2.05, 4.69) is 14.7 Å². The van der Waals surface area contributed by atoms with Crippen LogP contribution < -0.4 is 16.0 Å². The lowest BCUT2D eigenvalue weighted by atomic mass is 10.3. The van der Waals surface area contributed by atoms with Crippen LogP contribution in [0, 0.1) is 0 Å². The molecule has 0 spiro atoms. The zero-order valence-corrected chi connectivity index (χ0v) is 9.94. The number of hydrogen-bond donors (Lipinski definition) is 3. The first kappa shape index (κ1) is 12.1. The van der Waals surface area contributed by atoms with Crippen LogP contribution in [-0.2, 0) is 10.0 Å². The van der Waals surface area contributed by atoms with Gasteiger partial charge >= 0.3 is 0 Å². The van der Waals surface area contributed by atoms with E-state index < -0.39 is 15.6 Å². The van der Waals surface area contributed by atoms with E-state index >= 15 is 0 Å². The quantitative estimate of drug-likeness (QED) is 0.683. The van der Waals surface area contributed by atoms with Gasteiger partial charge in [0.1, 0.15) is 4.90 Å². The van der Waals surface area contributed by atoms with Crippen LogP contribution in [0.3, 0.4) is 0 Å². The van der Waals surface area contributed by atoms with Crippen LogP contribution in [0.15, 0.2) is 46.2 Å². The number of nitrogens with one attached hydrogen (secondary N) is 2. The summed E-state index contributed by atoms with van der Waals surface area (Å²) in [6.45, 7) is 0. The maximum Gasteiger partial charge on any atom is 0.266 e. The smallest absolute Gasteiger partial charge is 0.266 e. The molecule has 1 aromatic carbocycles. The maximum atomic E-state index is 12.0. The lowest BCUT2D eigenvalue weighted by Crippen LogP contribution is -2.19. The van der Waals surface area contributed by atoms with E-state index in [1.165, 1.54) is 24.4 Å². The second-order valence-electron chi connectivity index (χ2n) is 3.43. The predicted molar refractivity (Wildman–Crippen MR) is 66.5 cm³/mol. The summed E-state index contributed by atoms with van der Waals surface area (Å²) in [7, 11) is -3.87. The molecule has 0 amide bonds. The molecule has 1 heterocycles. The highest BCUT2D eigenvalue weighted by Crippen LogP contribution is 2.18. The fourth-order valence-electron chi connectivity index (χ4n) is 1.33. The van der Waals surface area contributed by atoms with Crippen LogP contribution in [0.2, 0.25) is 0 Å². The Morgan fingerprint density at radius 2 is 1.94 bits per heavy atom. The minimum Gasteiger partial charge on any atom is -0.398 e. The molecule has 2 aromatic rings. The summed E-state index contributed by atoms with van der Waals surface area (Å²) in [6, 6.07) is 7.17. The number of sulfonamides is 1. The zero-order valence-electron chi connectivity index (χ0n) is 9.12. The second kappa shape index (κ2) is 4.49. The molecule has 94 valence electrons. The molecule has 8 heteroatoms. The molecule has 0 aliphatic carbocycles. The molecule has 1 aromatic heterocycles. The number of hydrogen-bond acceptors (Lipinski definition) is 5. The van der Waals surface area contributed by atoms with E-state index in [0.29, 0.717) is 0 Å². The van der Waals surface area contributed by atoms with Gasteiger partial charge in [-0.05, 0) is 12.1 Å². The minimum atomic E-state index is -3.87. The molecule has 7 nitrogen and oxygen atoms in total. The third-order valence-electron chi connectivity index (χ3n) is 2.11. The van der Waals surface area contributed by atoms with Gasteiger partial charge in [0.25, 0.3) is 15.6 Å². The van der Waals surface area contributed by atoms with Crippen molar-refractivity contribution in [3.05, 3.63) is 46.9 Å². The van der Waals surface area contributed by atoms with Gasteiger partial charge in [-0.15, -0.1) is 0 Å². The highest BCUT2D eigenvalue weighted by atomic mass is 32.2. The number of rotatable bonds is 3. The van der Waals surface area contributed by atoms with E-state index in [-0.39, 0.29) is 16.5 Å². The van der Waals surface area contributed by atoms with Gasteiger partial charge in [0.2, 0.25) is 5.95 Å². The van der Waals surface area contributed by atoms with Crippen molar-refractivity contribution in [3.8, 4) is 0 Å². The van der Waals surface area contributed by atoms with E-state index in [1.807, 2.05) is 0 Å². The zero-order chi connectivity index (χ0) is 13.2. The number of para-hydroxylation sites is 1. The van der Waals surface area contributed by atoms with Crippen molar-refractivity contribution < 1.29 is 8.42 Å². The largest absolute Gasteiger partial charge is 0.398 e. The Morgan fingerprint density at radius 1 is 1.22 bits per heavy atom. The number of aromatic amines is 1. The number of aromatic nitrogens is 2. The van der Waals surface area contributed by atoms with Gasteiger partial charge in [-0.3, -0.25) is 9.78 Å². The van der Waals surface area contributed by atoms with E-state index in [1.54, 1.807) is 12.1 Å². The lowest BCUT2D eigenvalue weighted by Gasteiger charge is -2.08. The minimum absolute atomic E-state index is 0.0727. The van der Waals surface area contributed by atoms with Crippen molar-refractivity contribution in [1.29, 1.82) is 0 Å². The number of nitrogens with two attached hydrogens (primary N) is 1. The molecular weight excluding hydrogens is 256 g/mol. The first-order valence-corrected chi connectivity index (χ1v) is 6.40. The van der Waals surface area contributed by atoms with Crippen molar-refractivity contribution in [3.63, 3.8) is 0 Å². The van der Waals surface area contributed by atoms with Gasteiger partial charge in [-0.2, -0.15) is 0 Å². The Hall–Kier alpha value is -2.35. The third-order valence-corrected chi connectivity index (χ3v) is 3.52. The normalized spacial score (nSPS) is 11.1. The lowest BCUT2D eigenvalue weighted by molar-refractivity contribution is 0.601. The molecule has 18 heavy (non-hydrogen) atoms. The van der Waals surface area contributed by atoms with Gasteiger partial charge < -0.3 is 5.73 Å². The molecule has 0 saturated heterocycles. The van der Waals surface area contributed by atoms with Crippen molar-refractivity contribution in [2.75, 3.05) is 10.5 Å². The summed E-state index contributed by atoms with van der Waals surface area (Å²) in [6.07, 6.45) is 1.20. The first-order valence-electron chi connectivity index (χ1n) is 4.92. The summed E-state index contributed by atoms with van der Waals surface area (Å²) in [5.74, 6) is -0.161. The Morgan fingerprint density at radius 3 is 2.61 bits per heavy atom. The Labute approximate surface area is 103 Å². The van der Waals surface area contributed by atoms with Crippen LogP contribution >= 0.6 is 0 Å². The van der Waals surface area contributed by atoms with E-state index in [9.17, 15) is 13.2 Å². The van der Waals surface area contributed by atoms with Crippen molar-refractivity contribution in [1.82, 2.24) is 9.97 Å². The number of nitrogen functional groups attached to an aromatic ring is 1. The van der Waals surface area contributed by atoms with Crippen molar-refractivity contribution >= 4 is 21.7 Å². The molecule has 0 bridgehead atoms. The molecule has 0 aliphatic rings. The summed E-state index contributed by atoms with van der Waals surface area (Å²) >= 11 is 0. The van der Waals surface area contributed by atoms with Crippen molar-refractivity contribution in [2.24, 2.45) is 0 Å². The second-order valence-corrected chi connectivity index (χ2v) is 5.08. The Balaban J connectivity index is 2.40. The molecule has 0 fully saturated rings. The molecule has 0 atom stereocenters. The molecule has 0 radical (unpaired) electrons. The maximum absolute atomic E-state index is 12.0. The van der Waals surface area contributed by atoms with Gasteiger partial charge in [0.15, 0.2) is 0 Å². The molecule has 0 unspecified atom stereocenters. The number of nitrogens with zero attached hydrogens (tertiary/aromatic N) is 1. The van der Waals surface area contributed by atoms with Crippen LogP contribution in [0.4, 0.5) is 11.6 Å². The predicted octanol–water partition coefficient (Wildman–Crippen LogP) is 0.153. The Bertz CT molecular complexity index is 724. The van der Waals surface area contributed by atoms with Crippen LogP contribution in [0.1, 0.15) is 0 Å². The molecule has 4 N–H and O–H groups in total. The standard InChI is InChI=1S/C10H10N4O3S/c11-7-3-1-2-4-8(7)18(16,17)14-10-12-6-5-9(15)13-10/h1-6H,11H2,(H2,12,13,14,15). The summed E-state index contributed by atoms with van der Waals surface area (Å²) in [4.78, 5) is 16.9. The number of benzene rings is 1. The van der Waals surface area contributed by atoms with Crippen LogP contribution in [0.25, 0.3) is 0 Å². The summed E-state index contributed by atoms with van der Waals surface area (Å²) in [5.41, 5.74) is 5.24. The molecule has 2 rings (SSSR count).